The summed E-state index contributed by atoms with van der Waals surface area (Å²) >= 11 is 0. The van der Waals surface area contributed by atoms with E-state index in [0.29, 0.717) is 19.8 Å². The molecule has 140 valence electrons. The third kappa shape index (κ3) is 7.36. The SMILES string of the molecule is C=CCOc1ccc(OCCN2CCC(C(=O)OCC)CC2)cc1.Cl. The van der Waals surface area contributed by atoms with Gasteiger partial charge < -0.3 is 14.2 Å². The van der Waals surface area contributed by atoms with Crippen molar-refractivity contribution in [1.82, 2.24) is 4.90 Å². The Morgan fingerprint density at radius 3 is 2.36 bits per heavy atom. The summed E-state index contributed by atoms with van der Waals surface area (Å²) in [4.78, 5) is 14.0. The average Bonchev–Trinajstić information content (AvgIpc) is 2.62. The number of ether oxygens (including phenoxy) is 3. The summed E-state index contributed by atoms with van der Waals surface area (Å²) < 4.78 is 16.3. The normalized spacial score (nSPS) is 15.1. The standard InChI is InChI=1S/C19H27NO4.ClH/c1-3-14-23-17-5-7-18(8-6-17)24-15-13-20-11-9-16(10-12-20)19(21)22-4-2;/h3,5-8,16H,1,4,9-15H2,2H3;1H. The molecular formula is C19H28ClNO4. The first-order valence-corrected chi connectivity index (χ1v) is 8.58. The molecule has 0 atom stereocenters. The average molecular weight is 370 g/mol. The smallest absolute Gasteiger partial charge is 0.309 e. The van der Waals surface area contributed by atoms with Gasteiger partial charge in [0.15, 0.2) is 0 Å². The number of carbonyl (C=O) groups is 1. The zero-order valence-corrected chi connectivity index (χ0v) is 15.6. The van der Waals surface area contributed by atoms with Crippen molar-refractivity contribution in [1.29, 1.82) is 0 Å². The molecular weight excluding hydrogens is 342 g/mol. The Morgan fingerprint density at radius 2 is 1.80 bits per heavy atom. The molecule has 5 nitrogen and oxygen atoms in total. The fraction of sp³-hybridized carbons (Fsp3) is 0.526. The molecule has 0 aliphatic carbocycles. The highest BCUT2D eigenvalue weighted by Crippen LogP contribution is 2.20. The van der Waals surface area contributed by atoms with Crippen LogP contribution in [-0.2, 0) is 9.53 Å². The van der Waals surface area contributed by atoms with Crippen LogP contribution in [0.3, 0.4) is 0 Å². The van der Waals surface area contributed by atoms with E-state index in [2.05, 4.69) is 11.5 Å². The number of hydrogen-bond donors (Lipinski definition) is 0. The van der Waals surface area contributed by atoms with Gasteiger partial charge in [0.05, 0.1) is 12.5 Å². The molecule has 2 rings (SSSR count). The molecule has 0 N–H and O–H groups in total. The Morgan fingerprint density at radius 1 is 1.20 bits per heavy atom. The maximum atomic E-state index is 11.7. The second kappa shape index (κ2) is 11.8. The maximum absolute atomic E-state index is 11.7. The van der Waals surface area contributed by atoms with Crippen LogP contribution in [0.25, 0.3) is 0 Å². The van der Waals surface area contributed by atoms with Crippen LogP contribution in [0.2, 0.25) is 0 Å². The summed E-state index contributed by atoms with van der Waals surface area (Å²) in [7, 11) is 0. The zero-order chi connectivity index (χ0) is 17.2. The minimum Gasteiger partial charge on any atom is -0.492 e. The summed E-state index contributed by atoms with van der Waals surface area (Å²) in [6.45, 7) is 9.77. The van der Waals surface area contributed by atoms with Crippen LogP contribution in [0.15, 0.2) is 36.9 Å². The van der Waals surface area contributed by atoms with Gasteiger partial charge in [0.2, 0.25) is 0 Å². The lowest BCUT2D eigenvalue weighted by Gasteiger charge is -2.30. The number of hydrogen-bond acceptors (Lipinski definition) is 5. The van der Waals surface area contributed by atoms with Crippen molar-refractivity contribution < 1.29 is 19.0 Å². The predicted molar refractivity (Wildman–Crippen MR) is 101 cm³/mol. The highest BCUT2D eigenvalue weighted by Gasteiger charge is 2.25. The van der Waals surface area contributed by atoms with Crippen LogP contribution >= 0.6 is 12.4 Å². The number of rotatable bonds is 9. The van der Waals surface area contributed by atoms with E-state index in [-0.39, 0.29) is 24.3 Å². The number of piperidine rings is 1. The lowest BCUT2D eigenvalue weighted by atomic mass is 9.97. The zero-order valence-electron chi connectivity index (χ0n) is 14.8. The summed E-state index contributed by atoms with van der Waals surface area (Å²) in [5, 5.41) is 0. The Balaban J connectivity index is 0.00000312. The lowest BCUT2D eigenvalue weighted by Crippen LogP contribution is -2.39. The molecule has 25 heavy (non-hydrogen) atoms. The van der Waals surface area contributed by atoms with E-state index in [4.69, 9.17) is 14.2 Å². The fourth-order valence-corrected chi connectivity index (χ4v) is 2.73. The van der Waals surface area contributed by atoms with Crippen LogP contribution in [0.4, 0.5) is 0 Å². The predicted octanol–water partition coefficient (Wildman–Crippen LogP) is 3.33. The molecule has 6 heteroatoms. The minimum atomic E-state index is -0.0489. The van der Waals surface area contributed by atoms with Gasteiger partial charge in [-0.1, -0.05) is 12.7 Å². The molecule has 1 aliphatic heterocycles. The van der Waals surface area contributed by atoms with E-state index in [1.54, 1.807) is 6.08 Å². The first-order valence-electron chi connectivity index (χ1n) is 8.58. The van der Waals surface area contributed by atoms with Gasteiger partial charge >= 0.3 is 5.97 Å². The van der Waals surface area contributed by atoms with Crippen molar-refractivity contribution in [2.45, 2.75) is 19.8 Å². The molecule has 0 amide bonds. The monoisotopic (exact) mass is 369 g/mol. The second-order valence-electron chi connectivity index (χ2n) is 5.79. The van der Waals surface area contributed by atoms with E-state index in [0.717, 1.165) is 44.0 Å². The third-order valence-electron chi connectivity index (χ3n) is 4.08. The first kappa shape index (κ1) is 21.3. The highest BCUT2D eigenvalue weighted by molar-refractivity contribution is 5.85. The molecule has 1 fully saturated rings. The quantitative estimate of drug-likeness (QED) is 0.493. The fourth-order valence-electron chi connectivity index (χ4n) is 2.73. The van der Waals surface area contributed by atoms with Crippen LogP contribution in [0.5, 0.6) is 11.5 Å². The molecule has 0 unspecified atom stereocenters. The van der Waals surface area contributed by atoms with Crippen LogP contribution in [0, 0.1) is 5.92 Å². The number of benzene rings is 1. The number of halogens is 1. The van der Waals surface area contributed by atoms with Crippen molar-refractivity contribution in [3.05, 3.63) is 36.9 Å². The molecule has 1 saturated heterocycles. The van der Waals surface area contributed by atoms with Gasteiger partial charge in [-0.3, -0.25) is 9.69 Å². The number of nitrogens with zero attached hydrogens (tertiary/aromatic N) is 1. The maximum Gasteiger partial charge on any atom is 0.309 e. The topological polar surface area (TPSA) is 48.0 Å². The molecule has 0 radical (unpaired) electrons. The lowest BCUT2D eigenvalue weighted by molar-refractivity contribution is -0.149. The largest absolute Gasteiger partial charge is 0.492 e. The summed E-state index contributed by atoms with van der Waals surface area (Å²) in [5.41, 5.74) is 0. The van der Waals surface area contributed by atoms with Crippen LogP contribution in [-0.4, -0.2) is 50.3 Å². The number of esters is 1. The molecule has 1 aromatic carbocycles. The Kier molecular flexibility index (Phi) is 10.0. The Bertz CT molecular complexity index is 513. The minimum absolute atomic E-state index is 0. The van der Waals surface area contributed by atoms with Gasteiger partial charge in [-0.15, -0.1) is 12.4 Å². The van der Waals surface area contributed by atoms with Crippen molar-refractivity contribution >= 4 is 18.4 Å². The van der Waals surface area contributed by atoms with Gasteiger partial charge in [-0.25, -0.2) is 0 Å². The van der Waals surface area contributed by atoms with Gasteiger partial charge in [0, 0.05) is 6.54 Å². The molecule has 1 aromatic rings. The van der Waals surface area contributed by atoms with Crippen molar-refractivity contribution in [2.24, 2.45) is 5.92 Å². The van der Waals surface area contributed by atoms with Crippen LogP contribution < -0.4 is 9.47 Å². The van der Waals surface area contributed by atoms with Gasteiger partial charge in [0.1, 0.15) is 24.7 Å². The summed E-state index contributed by atoms with van der Waals surface area (Å²) in [5.74, 6) is 1.66. The molecule has 0 saturated carbocycles. The van der Waals surface area contributed by atoms with Crippen molar-refractivity contribution in [3.8, 4) is 11.5 Å². The second-order valence-corrected chi connectivity index (χ2v) is 5.79. The number of likely N-dealkylation sites (tertiary alicyclic amines) is 1. The van der Waals surface area contributed by atoms with Crippen molar-refractivity contribution in [3.63, 3.8) is 0 Å². The molecule has 1 aliphatic rings. The summed E-state index contributed by atoms with van der Waals surface area (Å²) in [6, 6.07) is 7.60. The third-order valence-corrected chi connectivity index (χ3v) is 4.08. The molecule has 0 spiro atoms. The van der Waals surface area contributed by atoms with E-state index in [9.17, 15) is 4.79 Å². The van der Waals surface area contributed by atoms with E-state index < -0.39 is 0 Å². The number of carbonyl (C=O) groups excluding carboxylic acids is 1. The van der Waals surface area contributed by atoms with Gasteiger partial charge in [-0.2, -0.15) is 0 Å². The molecule has 0 aromatic heterocycles. The first-order chi connectivity index (χ1) is 11.7. The molecule has 0 bridgehead atoms. The molecule has 1 heterocycles. The summed E-state index contributed by atoms with van der Waals surface area (Å²) in [6.07, 6.45) is 3.46. The Labute approximate surface area is 156 Å². The van der Waals surface area contributed by atoms with E-state index in [1.807, 2.05) is 31.2 Å². The Hall–Kier alpha value is -1.72. The van der Waals surface area contributed by atoms with Crippen molar-refractivity contribution in [2.75, 3.05) is 39.5 Å². The highest BCUT2D eigenvalue weighted by atomic mass is 35.5. The van der Waals surface area contributed by atoms with Crippen LogP contribution in [0.1, 0.15) is 19.8 Å². The van der Waals surface area contributed by atoms with E-state index >= 15 is 0 Å². The van der Waals surface area contributed by atoms with Gasteiger partial charge in [-0.05, 0) is 57.1 Å². The van der Waals surface area contributed by atoms with E-state index in [1.165, 1.54) is 0 Å². The van der Waals surface area contributed by atoms with Gasteiger partial charge in [0.25, 0.3) is 0 Å².